The number of aliphatic hydroxyl groups is 1. The zero-order valence-electron chi connectivity index (χ0n) is 10.7. The van der Waals surface area contributed by atoms with Gasteiger partial charge in [0.15, 0.2) is 0 Å². The van der Waals surface area contributed by atoms with Crippen molar-refractivity contribution in [1.29, 1.82) is 0 Å². The van der Waals surface area contributed by atoms with E-state index in [9.17, 15) is 0 Å². The van der Waals surface area contributed by atoms with Gasteiger partial charge >= 0.3 is 0 Å². The minimum atomic E-state index is 0.169. The zero-order valence-corrected chi connectivity index (χ0v) is 12.3. The van der Waals surface area contributed by atoms with Crippen LogP contribution in [-0.4, -0.2) is 28.2 Å². The Labute approximate surface area is 121 Å². The Kier molecular flexibility index (Phi) is 4.87. The molecule has 0 fully saturated rings. The smallest absolute Gasteiger partial charge is 0.222 e. The van der Waals surface area contributed by atoms with Crippen LogP contribution < -0.4 is 5.32 Å². The third-order valence-corrected chi connectivity index (χ3v) is 3.27. The predicted molar refractivity (Wildman–Crippen MR) is 80.1 cm³/mol. The second-order valence-corrected chi connectivity index (χ2v) is 5.17. The molecule has 1 heterocycles. The molecule has 4 nitrogen and oxygen atoms in total. The van der Waals surface area contributed by atoms with E-state index in [1.165, 1.54) is 5.56 Å². The molecule has 1 aromatic heterocycles. The lowest BCUT2D eigenvalue weighted by molar-refractivity contribution is 0.292. The van der Waals surface area contributed by atoms with Gasteiger partial charge < -0.3 is 10.4 Å². The maximum absolute atomic E-state index is 8.71. The summed E-state index contributed by atoms with van der Waals surface area (Å²) in [5.41, 5.74) is 3.30. The number of aromatic nitrogens is 2. The lowest BCUT2D eigenvalue weighted by Gasteiger charge is -2.07. The van der Waals surface area contributed by atoms with Gasteiger partial charge in [-0.1, -0.05) is 22.0 Å². The third-order valence-electron chi connectivity index (χ3n) is 2.78. The molecule has 0 aliphatic rings. The SMILES string of the molecule is Cc1ccc(Br)cc1-c1cnc(NCCCO)nc1. The van der Waals surface area contributed by atoms with Gasteiger partial charge in [-0.05, 0) is 36.6 Å². The topological polar surface area (TPSA) is 58.0 Å². The molecule has 0 amide bonds. The molecule has 2 aromatic rings. The van der Waals surface area contributed by atoms with Crippen molar-refractivity contribution in [3.8, 4) is 11.1 Å². The van der Waals surface area contributed by atoms with E-state index >= 15 is 0 Å². The molecule has 1 aromatic carbocycles. The quantitative estimate of drug-likeness (QED) is 0.831. The normalized spacial score (nSPS) is 10.5. The average Bonchev–Trinajstić information content (AvgIpc) is 2.43. The molecule has 0 saturated carbocycles. The number of rotatable bonds is 5. The van der Waals surface area contributed by atoms with Crippen LogP contribution in [0, 0.1) is 6.92 Å². The van der Waals surface area contributed by atoms with Crippen molar-refractivity contribution in [2.24, 2.45) is 0 Å². The molecule has 0 spiro atoms. The van der Waals surface area contributed by atoms with Crippen LogP contribution in [-0.2, 0) is 0 Å². The highest BCUT2D eigenvalue weighted by Crippen LogP contribution is 2.25. The van der Waals surface area contributed by atoms with Crippen molar-refractivity contribution >= 4 is 21.9 Å². The first-order valence-electron chi connectivity index (χ1n) is 6.14. The number of anilines is 1. The molecule has 19 heavy (non-hydrogen) atoms. The fourth-order valence-corrected chi connectivity index (χ4v) is 2.10. The second-order valence-electron chi connectivity index (χ2n) is 4.26. The van der Waals surface area contributed by atoms with Gasteiger partial charge in [0.1, 0.15) is 0 Å². The summed E-state index contributed by atoms with van der Waals surface area (Å²) in [5.74, 6) is 0.588. The van der Waals surface area contributed by atoms with Crippen molar-refractivity contribution in [3.63, 3.8) is 0 Å². The van der Waals surface area contributed by atoms with E-state index in [-0.39, 0.29) is 6.61 Å². The molecule has 2 rings (SSSR count). The first kappa shape index (κ1) is 14.0. The van der Waals surface area contributed by atoms with Crippen molar-refractivity contribution in [3.05, 3.63) is 40.6 Å². The molecule has 0 saturated heterocycles. The van der Waals surface area contributed by atoms with Gasteiger partial charge in [-0.2, -0.15) is 0 Å². The minimum absolute atomic E-state index is 0.169. The molecule has 100 valence electrons. The number of benzene rings is 1. The van der Waals surface area contributed by atoms with E-state index in [1.54, 1.807) is 0 Å². The molecule has 0 radical (unpaired) electrons. The van der Waals surface area contributed by atoms with E-state index in [2.05, 4.69) is 50.3 Å². The largest absolute Gasteiger partial charge is 0.396 e. The van der Waals surface area contributed by atoms with Crippen molar-refractivity contribution < 1.29 is 5.11 Å². The van der Waals surface area contributed by atoms with Gasteiger partial charge in [0.25, 0.3) is 0 Å². The summed E-state index contributed by atoms with van der Waals surface area (Å²) < 4.78 is 1.04. The van der Waals surface area contributed by atoms with Crippen LogP contribution in [0.2, 0.25) is 0 Å². The number of nitrogens with one attached hydrogen (secondary N) is 1. The zero-order chi connectivity index (χ0) is 13.7. The van der Waals surface area contributed by atoms with Crippen LogP contribution in [0.25, 0.3) is 11.1 Å². The number of aliphatic hydroxyl groups excluding tert-OH is 1. The van der Waals surface area contributed by atoms with Crippen LogP contribution in [0.15, 0.2) is 35.1 Å². The first-order chi connectivity index (χ1) is 9.20. The average molecular weight is 322 g/mol. The maximum Gasteiger partial charge on any atom is 0.222 e. The Balaban J connectivity index is 2.15. The Morgan fingerprint density at radius 2 is 2.00 bits per heavy atom. The van der Waals surface area contributed by atoms with Gasteiger partial charge in [-0.3, -0.25) is 0 Å². The Bertz CT molecular complexity index is 543. The van der Waals surface area contributed by atoms with Gasteiger partial charge in [-0.25, -0.2) is 9.97 Å². The van der Waals surface area contributed by atoms with Gasteiger partial charge in [0.2, 0.25) is 5.95 Å². The predicted octanol–water partition coefficient (Wildman–Crippen LogP) is 3.01. The Hall–Kier alpha value is -1.46. The second kappa shape index (κ2) is 6.63. The summed E-state index contributed by atoms with van der Waals surface area (Å²) in [6.07, 6.45) is 4.31. The van der Waals surface area contributed by atoms with Gasteiger partial charge in [-0.15, -0.1) is 0 Å². The van der Waals surface area contributed by atoms with Crippen molar-refractivity contribution in [1.82, 2.24) is 9.97 Å². The molecule has 2 N–H and O–H groups in total. The molecule has 5 heteroatoms. The molecular weight excluding hydrogens is 306 g/mol. The van der Waals surface area contributed by atoms with E-state index < -0.39 is 0 Å². The standard InChI is InChI=1S/C14H16BrN3O/c1-10-3-4-12(15)7-13(10)11-8-17-14(18-9-11)16-5-2-6-19/h3-4,7-9,19H,2,5-6H2,1H3,(H,16,17,18). The van der Waals surface area contributed by atoms with E-state index in [0.717, 1.165) is 15.6 Å². The molecule has 0 aliphatic carbocycles. The lowest BCUT2D eigenvalue weighted by Crippen LogP contribution is -2.06. The van der Waals surface area contributed by atoms with Crippen LogP contribution in [0.4, 0.5) is 5.95 Å². The number of hydrogen-bond donors (Lipinski definition) is 2. The van der Waals surface area contributed by atoms with Gasteiger partial charge in [0.05, 0.1) is 0 Å². The van der Waals surface area contributed by atoms with Gasteiger partial charge in [0, 0.05) is 35.6 Å². The van der Waals surface area contributed by atoms with E-state index in [1.807, 2.05) is 18.5 Å². The highest BCUT2D eigenvalue weighted by Gasteiger charge is 2.04. The molecular formula is C14H16BrN3O. The first-order valence-corrected chi connectivity index (χ1v) is 6.93. The summed E-state index contributed by atoms with van der Waals surface area (Å²) in [5, 5.41) is 11.8. The Morgan fingerprint density at radius 3 is 2.68 bits per heavy atom. The molecule has 0 unspecified atom stereocenters. The minimum Gasteiger partial charge on any atom is -0.396 e. The van der Waals surface area contributed by atoms with E-state index in [0.29, 0.717) is 18.9 Å². The summed E-state index contributed by atoms with van der Waals surface area (Å²) in [6, 6.07) is 6.14. The molecule has 0 aliphatic heterocycles. The summed E-state index contributed by atoms with van der Waals surface area (Å²) >= 11 is 3.47. The fraction of sp³-hybridized carbons (Fsp3) is 0.286. The number of aryl methyl sites for hydroxylation is 1. The summed E-state index contributed by atoms with van der Waals surface area (Å²) in [4.78, 5) is 8.56. The van der Waals surface area contributed by atoms with Crippen LogP contribution >= 0.6 is 15.9 Å². The van der Waals surface area contributed by atoms with Crippen molar-refractivity contribution in [2.75, 3.05) is 18.5 Å². The number of nitrogens with zero attached hydrogens (tertiary/aromatic N) is 2. The Morgan fingerprint density at radius 1 is 1.26 bits per heavy atom. The van der Waals surface area contributed by atoms with Crippen LogP contribution in [0.3, 0.4) is 0 Å². The third kappa shape index (κ3) is 3.75. The van der Waals surface area contributed by atoms with Crippen LogP contribution in [0.5, 0.6) is 0 Å². The van der Waals surface area contributed by atoms with Crippen molar-refractivity contribution in [2.45, 2.75) is 13.3 Å². The molecule has 0 bridgehead atoms. The highest BCUT2D eigenvalue weighted by atomic mass is 79.9. The monoisotopic (exact) mass is 321 g/mol. The summed E-state index contributed by atoms with van der Waals surface area (Å²) in [6.45, 7) is 2.91. The highest BCUT2D eigenvalue weighted by molar-refractivity contribution is 9.10. The fourth-order valence-electron chi connectivity index (χ4n) is 1.74. The lowest BCUT2D eigenvalue weighted by atomic mass is 10.0. The van der Waals surface area contributed by atoms with Crippen LogP contribution in [0.1, 0.15) is 12.0 Å². The summed E-state index contributed by atoms with van der Waals surface area (Å²) in [7, 11) is 0. The maximum atomic E-state index is 8.71. The number of hydrogen-bond acceptors (Lipinski definition) is 4. The number of halogens is 1. The van der Waals surface area contributed by atoms with E-state index in [4.69, 9.17) is 5.11 Å². The molecule has 0 atom stereocenters.